The minimum atomic E-state index is -0.462. The average molecular weight is 336 g/mol. The molecule has 0 fully saturated rings. The third-order valence-electron chi connectivity index (χ3n) is 3.99. The van der Waals surface area contributed by atoms with Gasteiger partial charge in [0.1, 0.15) is 11.8 Å². The fourth-order valence-electron chi connectivity index (χ4n) is 2.85. The molecule has 0 aliphatic heterocycles. The molecule has 2 aromatic carbocycles. The number of furan rings is 1. The fraction of sp³-hybridized carbons (Fsp3) is 0.0556. The van der Waals surface area contributed by atoms with Crippen LogP contribution in [0.1, 0.15) is 5.56 Å². The normalized spacial score (nSPS) is 11.1. The average Bonchev–Trinajstić information content (AvgIpc) is 2.98. The van der Waals surface area contributed by atoms with Crippen molar-refractivity contribution in [2.24, 2.45) is 0 Å². The molecule has 7 heteroatoms. The van der Waals surface area contributed by atoms with E-state index in [0.29, 0.717) is 27.9 Å². The third kappa shape index (κ3) is 2.51. The van der Waals surface area contributed by atoms with E-state index in [2.05, 4.69) is 5.32 Å². The van der Waals surface area contributed by atoms with Gasteiger partial charge in [-0.1, -0.05) is 6.07 Å². The second kappa shape index (κ2) is 5.48. The van der Waals surface area contributed by atoms with Crippen LogP contribution in [0.2, 0.25) is 0 Å². The Hall–Kier alpha value is -3.61. The van der Waals surface area contributed by atoms with Crippen molar-refractivity contribution < 1.29 is 13.8 Å². The van der Waals surface area contributed by atoms with Crippen molar-refractivity contribution in [2.45, 2.75) is 6.92 Å². The smallest absolute Gasteiger partial charge is 0.336 e. The van der Waals surface area contributed by atoms with E-state index in [9.17, 15) is 14.9 Å². The molecule has 0 saturated heterocycles. The van der Waals surface area contributed by atoms with E-state index in [1.54, 1.807) is 18.2 Å². The first-order chi connectivity index (χ1) is 12.0. The molecular weight excluding hydrogens is 324 g/mol. The maximum Gasteiger partial charge on any atom is 0.336 e. The maximum atomic E-state index is 11.8. The zero-order chi connectivity index (χ0) is 17.6. The Kier molecular flexibility index (Phi) is 3.28. The molecule has 0 unspecified atom stereocenters. The lowest BCUT2D eigenvalue weighted by Gasteiger charge is -2.06. The van der Waals surface area contributed by atoms with Crippen molar-refractivity contribution in [3.05, 3.63) is 74.8 Å². The van der Waals surface area contributed by atoms with Crippen LogP contribution in [0.5, 0.6) is 0 Å². The van der Waals surface area contributed by atoms with Crippen LogP contribution in [-0.4, -0.2) is 4.92 Å². The lowest BCUT2D eigenvalue weighted by atomic mass is 10.1. The fourth-order valence-corrected chi connectivity index (χ4v) is 2.85. The van der Waals surface area contributed by atoms with Crippen LogP contribution in [0.3, 0.4) is 0 Å². The van der Waals surface area contributed by atoms with Gasteiger partial charge < -0.3 is 14.2 Å². The SMILES string of the molecule is Cc1cc(=O)oc2c1ccc1occ(Nc3cccc([N+](=O)[O-])c3)c12. The predicted octanol–water partition coefficient (Wildman–Crippen LogP) is 4.50. The van der Waals surface area contributed by atoms with Crippen molar-refractivity contribution in [2.75, 3.05) is 5.32 Å². The number of benzene rings is 2. The number of nitro groups is 1. The molecule has 4 aromatic rings. The largest absolute Gasteiger partial charge is 0.462 e. The lowest BCUT2D eigenvalue weighted by molar-refractivity contribution is -0.384. The molecule has 0 spiro atoms. The number of nitrogens with zero attached hydrogens (tertiary/aromatic N) is 1. The molecule has 0 bridgehead atoms. The second-order valence-electron chi connectivity index (χ2n) is 5.65. The molecular formula is C18H12N2O5. The molecule has 0 aliphatic carbocycles. The van der Waals surface area contributed by atoms with Gasteiger partial charge in [0.05, 0.1) is 16.0 Å². The molecule has 0 aliphatic rings. The van der Waals surface area contributed by atoms with E-state index in [1.807, 2.05) is 13.0 Å². The minimum absolute atomic E-state index is 0.0231. The van der Waals surface area contributed by atoms with Gasteiger partial charge in [0, 0.05) is 29.3 Å². The summed E-state index contributed by atoms with van der Waals surface area (Å²) in [7, 11) is 0. The quantitative estimate of drug-likeness (QED) is 0.336. The first kappa shape index (κ1) is 14.9. The molecule has 4 rings (SSSR count). The Labute approximate surface area is 140 Å². The number of anilines is 2. The van der Waals surface area contributed by atoms with Gasteiger partial charge in [0.2, 0.25) is 0 Å². The van der Waals surface area contributed by atoms with Crippen LogP contribution in [0.25, 0.3) is 21.9 Å². The van der Waals surface area contributed by atoms with Gasteiger partial charge in [-0.3, -0.25) is 10.1 Å². The highest BCUT2D eigenvalue weighted by Crippen LogP contribution is 2.35. The van der Waals surface area contributed by atoms with Gasteiger partial charge in [-0.25, -0.2) is 4.79 Å². The van der Waals surface area contributed by atoms with Crippen molar-refractivity contribution >= 4 is 39.0 Å². The molecule has 1 N–H and O–H groups in total. The van der Waals surface area contributed by atoms with Crippen LogP contribution in [-0.2, 0) is 0 Å². The Balaban J connectivity index is 1.91. The molecule has 2 aromatic heterocycles. The summed E-state index contributed by atoms with van der Waals surface area (Å²) in [6, 6.07) is 11.2. The summed E-state index contributed by atoms with van der Waals surface area (Å²) >= 11 is 0. The molecule has 2 heterocycles. The van der Waals surface area contributed by atoms with Crippen LogP contribution >= 0.6 is 0 Å². The molecule has 0 saturated carbocycles. The summed E-state index contributed by atoms with van der Waals surface area (Å²) in [5.74, 6) is 0. The summed E-state index contributed by atoms with van der Waals surface area (Å²) < 4.78 is 10.9. The highest BCUT2D eigenvalue weighted by Gasteiger charge is 2.15. The Morgan fingerprint density at radius 1 is 1.16 bits per heavy atom. The van der Waals surface area contributed by atoms with Crippen molar-refractivity contribution in [3.8, 4) is 0 Å². The van der Waals surface area contributed by atoms with E-state index in [1.165, 1.54) is 24.5 Å². The summed E-state index contributed by atoms with van der Waals surface area (Å²) in [5.41, 5.74) is 2.40. The Bertz CT molecular complexity index is 1190. The highest BCUT2D eigenvalue weighted by molar-refractivity contribution is 6.10. The van der Waals surface area contributed by atoms with Crippen molar-refractivity contribution in [3.63, 3.8) is 0 Å². The topological polar surface area (TPSA) is 98.5 Å². The number of fused-ring (bicyclic) bond motifs is 3. The predicted molar refractivity (Wildman–Crippen MR) is 93.4 cm³/mol. The molecule has 0 amide bonds. The second-order valence-corrected chi connectivity index (χ2v) is 5.65. The van der Waals surface area contributed by atoms with Gasteiger partial charge in [-0.05, 0) is 30.7 Å². The minimum Gasteiger partial charge on any atom is -0.462 e. The van der Waals surface area contributed by atoms with Gasteiger partial charge in [0.15, 0.2) is 5.58 Å². The highest BCUT2D eigenvalue weighted by atomic mass is 16.6. The van der Waals surface area contributed by atoms with Crippen LogP contribution < -0.4 is 10.9 Å². The maximum absolute atomic E-state index is 11.8. The van der Waals surface area contributed by atoms with E-state index < -0.39 is 10.5 Å². The first-order valence-electron chi connectivity index (χ1n) is 7.49. The summed E-state index contributed by atoms with van der Waals surface area (Å²) in [6.07, 6.45) is 1.49. The summed E-state index contributed by atoms with van der Waals surface area (Å²) in [6.45, 7) is 1.83. The summed E-state index contributed by atoms with van der Waals surface area (Å²) in [4.78, 5) is 22.2. The summed E-state index contributed by atoms with van der Waals surface area (Å²) in [5, 5.41) is 15.4. The zero-order valence-electron chi connectivity index (χ0n) is 13.1. The van der Waals surface area contributed by atoms with Gasteiger partial charge in [-0.15, -0.1) is 0 Å². The van der Waals surface area contributed by atoms with Crippen LogP contribution in [0.15, 0.2) is 62.4 Å². The first-order valence-corrected chi connectivity index (χ1v) is 7.49. The van der Waals surface area contributed by atoms with Gasteiger partial charge >= 0.3 is 5.63 Å². The van der Waals surface area contributed by atoms with E-state index in [0.717, 1.165) is 10.9 Å². The molecule has 0 radical (unpaired) electrons. The van der Waals surface area contributed by atoms with E-state index in [-0.39, 0.29) is 5.69 Å². The molecule has 7 nitrogen and oxygen atoms in total. The Morgan fingerprint density at radius 3 is 2.80 bits per heavy atom. The van der Waals surface area contributed by atoms with Gasteiger partial charge in [-0.2, -0.15) is 0 Å². The molecule has 0 atom stereocenters. The molecule has 124 valence electrons. The van der Waals surface area contributed by atoms with E-state index in [4.69, 9.17) is 8.83 Å². The lowest BCUT2D eigenvalue weighted by Crippen LogP contribution is -1.98. The number of nitro benzene ring substituents is 1. The number of rotatable bonds is 3. The number of nitrogens with one attached hydrogen (secondary N) is 1. The van der Waals surface area contributed by atoms with Crippen molar-refractivity contribution in [1.29, 1.82) is 0 Å². The number of hydrogen-bond acceptors (Lipinski definition) is 6. The Morgan fingerprint density at radius 2 is 2.00 bits per heavy atom. The van der Waals surface area contributed by atoms with Crippen molar-refractivity contribution in [1.82, 2.24) is 0 Å². The van der Waals surface area contributed by atoms with E-state index >= 15 is 0 Å². The van der Waals surface area contributed by atoms with Gasteiger partial charge in [0.25, 0.3) is 5.69 Å². The van der Waals surface area contributed by atoms with Crippen LogP contribution in [0, 0.1) is 17.0 Å². The monoisotopic (exact) mass is 336 g/mol. The third-order valence-corrected chi connectivity index (χ3v) is 3.99. The van der Waals surface area contributed by atoms with Crippen LogP contribution in [0.4, 0.5) is 17.1 Å². The number of hydrogen-bond donors (Lipinski definition) is 1. The number of aryl methyl sites for hydroxylation is 1. The molecule has 25 heavy (non-hydrogen) atoms. The zero-order valence-corrected chi connectivity index (χ0v) is 13.1. The number of non-ortho nitro benzene ring substituents is 1. The standard InChI is InChI=1S/C18H12N2O5/c1-10-7-16(21)25-18-13(10)5-6-15-17(18)14(9-24-15)19-11-3-2-4-12(8-11)20(22)23/h2-9,19H,1H3.